The second kappa shape index (κ2) is 8.25. The topological polar surface area (TPSA) is 47.5 Å². The third-order valence-electron chi connectivity index (χ3n) is 6.97. The number of ether oxygens (including phenoxy) is 2. The van der Waals surface area contributed by atoms with Gasteiger partial charge in [-0.05, 0) is 56.4 Å². The van der Waals surface area contributed by atoms with Crippen molar-refractivity contribution in [2.45, 2.75) is 70.4 Å². The van der Waals surface area contributed by atoms with Crippen LogP contribution in [0.15, 0.2) is 6.33 Å². The molecule has 0 spiro atoms. The van der Waals surface area contributed by atoms with Crippen molar-refractivity contribution in [1.29, 1.82) is 0 Å². The Hall–Kier alpha value is -1.24. The predicted molar refractivity (Wildman–Crippen MR) is 112 cm³/mol. The number of nitrogens with zero attached hydrogens (tertiary/aromatic N) is 3. The van der Waals surface area contributed by atoms with Crippen LogP contribution >= 0.6 is 11.3 Å². The summed E-state index contributed by atoms with van der Waals surface area (Å²) in [6.45, 7) is 6.25. The lowest BCUT2D eigenvalue weighted by Gasteiger charge is -2.38. The Bertz CT molecular complexity index is 809. The molecule has 5 rings (SSSR count). The first-order chi connectivity index (χ1) is 13.8. The average molecular weight is 402 g/mol. The first-order valence-corrected chi connectivity index (χ1v) is 11.9. The summed E-state index contributed by atoms with van der Waals surface area (Å²) in [5.41, 5.74) is 1.48. The molecule has 2 aliphatic carbocycles. The van der Waals surface area contributed by atoms with Gasteiger partial charge < -0.3 is 9.47 Å². The number of aryl methyl sites for hydroxylation is 1. The van der Waals surface area contributed by atoms with Gasteiger partial charge in [-0.3, -0.25) is 4.90 Å². The highest BCUT2D eigenvalue weighted by Gasteiger charge is 2.30. The molecule has 1 atom stereocenters. The van der Waals surface area contributed by atoms with Gasteiger partial charge in [0.2, 0.25) is 5.88 Å². The van der Waals surface area contributed by atoms with Crippen LogP contribution in [0.1, 0.15) is 55.9 Å². The van der Waals surface area contributed by atoms with Crippen molar-refractivity contribution in [3.05, 3.63) is 16.8 Å². The first kappa shape index (κ1) is 18.8. The first-order valence-electron chi connectivity index (χ1n) is 11.1. The van der Waals surface area contributed by atoms with Gasteiger partial charge in [0, 0.05) is 24.0 Å². The molecular weight excluding hydrogens is 370 g/mol. The number of morpholine rings is 1. The van der Waals surface area contributed by atoms with Crippen molar-refractivity contribution >= 4 is 21.6 Å². The van der Waals surface area contributed by atoms with Gasteiger partial charge in [-0.15, -0.1) is 11.3 Å². The molecule has 2 aromatic heterocycles. The van der Waals surface area contributed by atoms with Crippen molar-refractivity contribution in [1.82, 2.24) is 14.9 Å². The molecule has 0 N–H and O–H groups in total. The lowest BCUT2D eigenvalue weighted by atomic mass is 9.86. The van der Waals surface area contributed by atoms with Gasteiger partial charge in [-0.2, -0.15) is 0 Å². The van der Waals surface area contributed by atoms with Crippen LogP contribution in [0.2, 0.25) is 0 Å². The smallest absolute Gasteiger partial charge is 0.225 e. The fraction of sp³-hybridized carbons (Fsp3) is 0.727. The highest BCUT2D eigenvalue weighted by atomic mass is 32.1. The molecule has 2 aromatic rings. The van der Waals surface area contributed by atoms with E-state index in [1.807, 2.05) is 11.3 Å². The van der Waals surface area contributed by atoms with Gasteiger partial charge in [0.25, 0.3) is 0 Å². The molecule has 0 amide bonds. The fourth-order valence-electron chi connectivity index (χ4n) is 5.22. The maximum atomic E-state index is 6.51. The molecule has 1 aliphatic heterocycles. The number of hydrogen-bond acceptors (Lipinski definition) is 6. The molecule has 152 valence electrons. The van der Waals surface area contributed by atoms with E-state index in [4.69, 9.17) is 9.47 Å². The fourth-order valence-corrected chi connectivity index (χ4v) is 6.39. The third kappa shape index (κ3) is 3.66. The minimum Gasteiger partial charge on any atom is -0.474 e. The van der Waals surface area contributed by atoms with Gasteiger partial charge in [0.05, 0.1) is 18.6 Å². The maximum Gasteiger partial charge on any atom is 0.225 e. The zero-order chi connectivity index (χ0) is 18.9. The van der Waals surface area contributed by atoms with Gasteiger partial charge in [-0.1, -0.05) is 13.3 Å². The molecular formula is C22H31N3O2S. The zero-order valence-electron chi connectivity index (χ0n) is 16.9. The van der Waals surface area contributed by atoms with E-state index < -0.39 is 0 Å². The summed E-state index contributed by atoms with van der Waals surface area (Å²) in [5.74, 6) is 1.64. The third-order valence-corrected chi connectivity index (χ3v) is 8.17. The van der Waals surface area contributed by atoms with E-state index in [2.05, 4.69) is 21.8 Å². The Morgan fingerprint density at radius 3 is 2.75 bits per heavy atom. The van der Waals surface area contributed by atoms with Crippen LogP contribution in [0.5, 0.6) is 5.88 Å². The monoisotopic (exact) mass is 401 g/mol. The summed E-state index contributed by atoms with van der Waals surface area (Å²) in [6.07, 6.45) is 11.6. The van der Waals surface area contributed by atoms with E-state index in [0.717, 1.165) is 55.8 Å². The molecule has 5 nitrogen and oxygen atoms in total. The maximum absolute atomic E-state index is 6.51. The molecule has 0 bridgehead atoms. The molecule has 0 radical (unpaired) electrons. The highest BCUT2D eigenvalue weighted by Crippen LogP contribution is 2.41. The van der Waals surface area contributed by atoms with Crippen LogP contribution in [-0.4, -0.2) is 53.3 Å². The molecule has 2 fully saturated rings. The van der Waals surface area contributed by atoms with Crippen LogP contribution in [0.25, 0.3) is 10.2 Å². The molecule has 3 heterocycles. The van der Waals surface area contributed by atoms with Gasteiger partial charge in [-0.25, -0.2) is 9.97 Å². The van der Waals surface area contributed by atoms with Gasteiger partial charge in [0.15, 0.2) is 0 Å². The summed E-state index contributed by atoms with van der Waals surface area (Å²) >= 11 is 1.86. The second-order valence-electron chi connectivity index (χ2n) is 8.58. The van der Waals surface area contributed by atoms with E-state index in [-0.39, 0.29) is 6.10 Å². The number of rotatable bonds is 4. The average Bonchev–Trinajstić information content (AvgIpc) is 3.13. The molecule has 0 unspecified atom stereocenters. The van der Waals surface area contributed by atoms with Gasteiger partial charge >= 0.3 is 0 Å². The molecule has 28 heavy (non-hydrogen) atoms. The number of thiophene rings is 1. The summed E-state index contributed by atoms with van der Waals surface area (Å²) in [6, 6.07) is 0.702. The molecule has 6 heteroatoms. The van der Waals surface area contributed by atoms with Crippen LogP contribution in [0, 0.1) is 5.92 Å². The van der Waals surface area contributed by atoms with Crippen LogP contribution in [0.3, 0.4) is 0 Å². The van der Waals surface area contributed by atoms with Gasteiger partial charge in [0.1, 0.15) is 17.3 Å². The summed E-state index contributed by atoms with van der Waals surface area (Å²) in [4.78, 5) is 14.4. The minimum atomic E-state index is 0.288. The van der Waals surface area contributed by atoms with E-state index >= 15 is 0 Å². The SMILES string of the molecule is CC[C@@H]1CCc2sc3ncnc(OC4CCC(N5CCOCC5)CC4)c3c2C1. The van der Waals surface area contributed by atoms with E-state index in [1.165, 1.54) is 54.4 Å². The van der Waals surface area contributed by atoms with Crippen molar-refractivity contribution in [2.24, 2.45) is 5.92 Å². The Morgan fingerprint density at radius 2 is 1.96 bits per heavy atom. The highest BCUT2D eigenvalue weighted by molar-refractivity contribution is 7.18. The summed E-state index contributed by atoms with van der Waals surface area (Å²) in [7, 11) is 0. The Morgan fingerprint density at radius 1 is 1.14 bits per heavy atom. The molecule has 0 aromatic carbocycles. The van der Waals surface area contributed by atoms with Crippen LogP contribution < -0.4 is 4.74 Å². The Kier molecular flexibility index (Phi) is 5.53. The van der Waals surface area contributed by atoms with Crippen LogP contribution in [0.4, 0.5) is 0 Å². The lowest BCUT2D eigenvalue weighted by molar-refractivity contribution is -0.00126. The standard InChI is InChI=1S/C22H31N3O2S/c1-2-15-3-8-19-18(13-15)20-21(23-14-24-22(20)28-19)27-17-6-4-16(5-7-17)25-9-11-26-12-10-25/h14-17H,2-13H2,1H3/t15-,16?,17?/m1/s1. The molecule has 3 aliphatic rings. The predicted octanol–water partition coefficient (Wildman–Crippen LogP) is 4.23. The number of aromatic nitrogens is 2. The minimum absolute atomic E-state index is 0.288. The van der Waals surface area contributed by atoms with Crippen molar-refractivity contribution in [3.8, 4) is 5.88 Å². The summed E-state index contributed by atoms with van der Waals surface area (Å²) < 4.78 is 12.0. The normalized spacial score (nSPS) is 29.0. The zero-order valence-corrected chi connectivity index (χ0v) is 17.7. The molecule has 1 saturated heterocycles. The van der Waals surface area contributed by atoms with E-state index in [0.29, 0.717) is 6.04 Å². The number of fused-ring (bicyclic) bond motifs is 3. The van der Waals surface area contributed by atoms with E-state index in [1.54, 1.807) is 6.33 Å². The molecule has 1 saturated carbocycles. The lowest BCUT2D eigenvalue weighted by Crippen LogP contribution is -2.46. The van der Waals surface area contributed by atoms with E-state index in [9.17, 15) is 0 Å². The largest absolute Gasteiger partial charge is 0.474 e. The van der Waals surface area contributed by atoms with Crippen molar-refractivity contribution < 1.29 is 9.47 Å². The Balaban J connectivity index is 1.30. The van der Waals surface area contributed by atoms with Crippen molar-refractivity contribution in [3.63, 3.8) is 0 Å². The quantitative estimate of drug-likeness (QED) is 0.767. The second-order valence-corrected chi connectivity index (χ2v) is 9.66. The number of hydrogen-bond donors (Lipinski definition) is 0. The van der Waals surface area contributed by atoms with Crippen molar-refractivity contribution in [2.75, 3.05) is 26.3 Å². The Labute approximate surface area is 171 Å². The summed E-state index contributed by atoms with van der Waals surface area (Å²) in [5, 5.41) is 1.22. The van der Waals surface area contributed by atoms with Crippen LogP contribution in [-0.2, 0) is 17.6 Å².